The molecule has 0 aliphatic heterocycles. The van der Waals surface area contributed by atoms with Gasteiger partial charge in [0.2, 0.25) is 5.78 Å². The molecule has 7 heteroatoms. The van der Waals surface area contributed by atoms with Crippen LogP contribution in [0.2, 0.25) is 0 Å². The SMILES string of the molecule is CC(=O)C(=O)c1c[nH]c2c(-c3cn[nH]c3)ncc(F)c12. The minimum absolute atomic E-state index is 0.0112. The third kappa shape index (κ3) is 1.71. The van der Waals surface area contributed by atoms with Crippen LogP contribution in [-0.2, 0) is 4.79 Å². The van der Waals surface area contributed by atoms with Gasteiger partial charge in [0.25, 0.3) is 0 Å². The number of hydrogen-bond donors (Lipinski definition) is 2. The molecule has 0 saturated carbocycles. The van der Waals surface area contributed by atoms with E-state index in [0.717, 1.165) is 13.1 Å². The zero-order chi connectivity index (χ0) is 14.3. The van der Waals surface area contributed by atoms with Gasteiger partial charge in [-0.1, -0.05) is 0 Å². The highest BCUT2D eigenvalue weighted by Crippen LogP contribution is 2.29. The molecular formula is C13H9FN4O2. The van der Waals surface area contributed by atoms with Gasteiger partial charge in [0.05, 0.1) is 34.6 Å². The van der Waals surface area contributed by atoms with Crippen LogP contribution in [0, 0.1) is 5.82 Å². The number of aromatic amines is 2. The van der Waals surface area contributed by atoms with Crippen molar-refractivity contribution in [3.8, 4) is 11.3 Å². The van der Waals surface area contributed by atoms with Crippen LogP contribution in [0.1, 0.15) is 17.3 Å². The first-order chi connectivity index (χ1) is 9.59. The van der Waals surface area contributed by atoms with E-state index in [-0.39, 0.29) is 10.9 Å². The Bertz CT molecular complexity index is 820. The largest absolute Gasteiger partial charge is 0.359 e. The molecule has 0 radical (unpaired) electrons. The van der Waals surface area contributed by atoms with Gasteiger partial charge in [-0.05, 0) is 0 Å². The number of carbonyl (C=O) groups is 2. The number of Topliss-reactive ketones (excluding diaryl/α,β-unsaturated/α-hetero) is 2. The third-order valence-electron chi connectivity index (χ3n) is 3.00. The predicted octanol–water partition coefficient (Wildman–Crippen LogP) is 1.86. The molecule has 0 bridgehead atoms. The Morgan fingerprint density at radius 1 is 1.25 bits per heavy atom. The maximum Gasteiger partial charge on any atom is 0.230 e. The number of fused-ring (bicyclic) bond motifs is 1. The van der Waals surface area contributed by atoms with Crippen molar-refractivity contribution in [2.24, 2.45) is 0 Å². The van der Waals surface area contributed by atoms with Crippen molar-refractivity contribution in [1.29, 1.82) is 0 Å². The lowest BCUT2D eigenvalue weighted by Gasteiger charge is -2.01. The summed E-state index contributed by atoms with van der Waals surface area (Å²) in [5.74, 6) is -2.04. The summed E-state index contributed by atoms with van der Waals surface area (Å²) in [5, 5.41) is 6.51. The molecule has 0 aromatic carbocycles. The molecule has 0 amide bonds. The van der Waals surface area contributed by atoms with Crippen molar-refractivity contribution < 1.29 is 14.0 Å². The highest BCUT2D eigenvalue weighted by atomic mass is 19.1. The van der Waals surface area contributed by atoms with E-state index in [1.807, 2.05) is 0 Å². The van der Waals surface area contributed by atoms with E-state index in [9.17, 15) is 14.0 Å². The number of hydrogen-bond acceptors (Lipinski definition) is 4. The number of pyridine rings is 1. The van der Waals surface area contributed by atoms with Crippen LogP contribution >= 0.6 is 0 Å². The van der Waals surface area contributed by atoms with Crippen molar-refractivity contribution in [3.05, 3.63) is 36.2 Å². The zero-order valence-electron chi connectivity index (χ0n) is 10.4. The van der Waals surface area contributed by atoms with Gasteiger partial charge in [0.15, 0.2) is 11.6 Å². The second-order valence-electron chi connectivity index (χ2n) is 4.28. The highest BCUT2D eigenvalue weighted by molar-refractivity contribution is 6.45. The summed E-state index contributed by atoms with van der Waals surface area (Å²) in [6.45, 7) is 1.15. The summed E-state index contributed by atoms with van der Waals surface area (Å²) in [4.78, 5) is 29.8. The van der Waals surface area contributed by atoms with Crippen molar-refractivity contribution in [2.45, 2.75) is 6.92 Å². The quantitative estimate of drug-likeness (QED) is 0.562. The molecule has 0 aliphatic rings. The summed E-state index contributed by atoms with van der Waals surface area (Å²) in [5.41, 5.74) is 1.48. The summed E-state index contributed by atoms with van der Waals surface area (Å²) >= 11 is 0. The fourth-order valence-electron chi connectivity index (χ4n) is 2.08. The third-order valence-corrected chi connectivity index (χ3v) is 3.00. The summed E-state index contributed by atoms with van der Waals surface area (Å²) in [6.07, 6.45) is 5.48. The van der Waals surface area contributed by atoms with Crippen LogP contribution in [0.5, 0.6) is 0 Å². The number of nitrogens with one attached hydrogen (secondary N) is 2. The van der Waals surface area contributed by atoms with Crippen LogP contribution in [0.3, 0.4) is 0 Å². The summed E-state index contributed by atoms with van der Waals surface area (Å²) in [7, 11) is 0. The molecular weight excluding hydrogens is 263 g/mol. The van der Waals surface area contributed by atoms with Gasteiger partial charge < -0.3 is 4.98 Å². The molecule has 20 heavy (non-hydrogen) atoms. The van der Waals surface area contributed by atoms with Crippen LogP contribution in [0.25, 0.3) is 22.2 Å². The van der Waals surface area contributed by atoms with E-state index >= 15 is 0 Å². The lowest BCUT2D eigenvalue weighted by Crippen LogP contribution is -2.09. The van der Waals surface area contributed by atoms with Crippen LogP contribution in [0.4, 0.5) is 4.39 Å². The number of ketones is 2. The van der Waals surface area contributed by atoms with Crippen LogP contribution < -0.4 is 0 Å². The van der Waals surface area contributed by atoms with Gasteiger partial charge in [-0.2, -0.15) is 5.10 Å². The molecule has 3 aromatic heterocycles. The lowest BCUT2D eigenvalue weighted by atomic mass is 10.1. The maximum atomic E-state index is 14.0. The van der Waals surface area contributed by atoms with Gasteiger partial charge in [-0.3, -0.25) is 19.7 Å². The second-order valence-corrected chi connectivity index (χ2v) is 4.28. The van der Waals surface area contributed by atoms with Crippen molar-refractivity contribution >= 4 is 22.5 Å². The molecule has 0 atom stereocenters. The number of aromatic nitrogens is 4. The van der Waals surface area contributed by atoms with Crippen LogP contribution in [-0.4, -0.2) is 31.7 Å². The standard InChI is InChI=1S/C13H9FN4O2/c1-6(19)13(20)8-4-15-12-10(8)9(14)5-16-11(12)7-2-17-18-3-7/h2-5,15H,1H3,(H,17,18). The Labute approximate surface area is 112 Å². The average molecular weight is 272 g/mol. The summed E-state index contributed by atoms with van der Waals surface area (Å²) in [6, 6.07) is 0. The molecule has 0 aliphatic carbocycles. The molecule has 6 nitrogen and oxygen atoms in total. The molecule has 0 spiro atoms. The molecule has 0 unspecified atom stereocenters. The van der Waals surface area contributed by atoms with Gasteiger partial charge in [-0.25, -0.2) is 4.39 Å². The van der Waals surface area contributed by atoms with E-state index < -0.39 is 17.4 Å². The number of halogens is 1. The molecule has 3 rings (SSSR count). The zero-order valence-corrected chi connectivity index (χ0v) is 10.4. The topological polar surface area (TPSA) is 91.5 Å². The van der Waals surface area contributed by atoms with E-state index in [1.165, 1.54) is 12.4 Å². The van der Waals surface area contributed by atoms with Crippen molar-refractivity contribution in [2.75, 3.05) is 0 Å². The first-order valence-electron chi connectivity index (χ1n) is 5.79. The Hall–Kier alpha value is -2.83. The number of rotatable bonds is 3. The van der Waals surface area contributed by atoms with E-state index in [1.54, 1.807) is 6.20 Å². The normalized spacial score (nSPS) is 10.9. The monoisotopic (exact) mass is 272 g/mol. The first kappa shape index (κ1) is 12.2. The van der Waals surface area contributed by atoms with E-state index in [2.05, 4.69) is 20.2 Å². The maximum absolute atomic E-state index is 14.0. The van der Waals surface area contributed by atoms with Crippen LogP contribution in [0.15, 0.2) is 24.8 Å². The first-order valence-corrected chi connectivity index (χ1v) is 5.79. The Morgan fingerprint density at radius 2 is 2.05 bits per heavy atom. The van der Waals surface area contributed by atoms with Gasteiger partial charge in [-0.15, -0.1) is 0 Å². The molecule has 3 aromatic rings. The van der Waals surface area contributed by atoms with Crippen molar-refractivity contribution in [1.82, 2.24) is 20.2 Å². The minimum atomic E-state index is -0.737. The van der Waals surface area contributed by atoms with E-state index in [0.29, 0.717) is 16.8 Å². The average Bonchev–Trinajstić information content (AvgIpc) is 3.07. The Balaban J connectivity index is 2.31. The molecule has 3 heterocycles. The molecule has 2 N–H and O–H groups in total. The lowest BCUT2D eigenvalue weighted by molar-refractivity contribution is -0.113. The fraction of sp³-hybridized carbons (Fsp3) is 0.0769. The summed E-state index contributed by atoms with van der Waals surface area (Å²) < 4.78 is 14.0. The smallest absolute Gasteiger partial charge is 0.230 e. The predicted molar refractivity (Wildman–Crippen MR) is 68.6 cm³/mol. The number of carbonyl (C=O) groups excluding carboxylic acids is 2. The van der Waals surface area contributed by atoms with Gasteiger partial charge in [0, 0.05) is 24.9 Å². The number of nitrogens with zero attached hydrogens (tertiary/aromatic N) is 2. The molecule has 0 fully saturated rings. The Morgan fingerprint density at radius 3 is 2.70 bits per heavy atom. The van der Waals surface area contributed by atoms with Gasteiger partial charge >= 0.3 is 0 Å². The molecule has 0 saturated heterocycles. The number of H-pyrrole nitrogens is 2. The molecule has 100 valence electrons. The second kappa shape index (κ2) is 4.37. The van der Waals surface area contributed by atoms with Gasteiger partial charge in [0.1, 0.15) is 0 Å². The Kier molecular flexibility index (Phi) is 2.67. The van der Waals surface area contributed by atoms with E-state index in [4.69, 9.17) is 0 Å². The van der Waals surface area contributed by atoms with Crippen molar-refractivity contribution in [3.63, 3.8) is 0 Å². The fourth-order valence-corrected chi connectivity index (χ4v) is 2.08. The highest BCUT2D eigenvalue weighted by Gasteiger charge is 2.21. The minimum Gasteiger partial charge on any atom is -0.359 e.